The van der Waals surface area contributed by atoms with E-state index in [2.05, 4.69) is 15.1 Å². The highest BCUT2D eigenvalue weighted by atomic mass is 32.2. The standard InChI is InChI=1S/C20H23FN6O3S/c1-14-10-15(2)27(24-14)20-12-19(22-13-23-20)25-6-8-26(9-7-25)31(28,29)18-11-16(21)4-5-17(18)30-3/h4-5,10-13H,6-9H2,1-3H3. The third kappa shape index (κ3) is 4.10. The van der Waals surface area contributed by atoms with Crippen molar-refractivity contribution in [1.29, 1.82) is 0 Å². The molecule has 1 fully saturated rings. The molecular formula is C20H23FN6O3S. The van der Waals surface area contributed by atoms with E-state index >= 15 is 0 Å². The Balaban J connectivity index is 1.52. The number of hydrogen-bond acceptors (Lipinski definition) is 7. The fourth-order valence-electron chi connectivity index (χ4n) is 3.64. The Hall–Kier alpha value is -3.05. The van der Waals surface area contributed by atoms with Gasteiger partial charge in [-0.15, -0.1) is 0 Å². The largest absolute Gasteiger partial charge is 0.495 e. The van der Waals surface area contributed by atoms with Crippen molar-refractivity contribution in [2.45, 2.75) is 18.7 Å². The number of hydrogen-bond donors (Lipinski definition) is 0. The quantitative estimate of drug-likeness (QED) is 0.591. The number of ether oxygens (including phenoxy) is 1. The van der Waals surface area contributed by atoms with E-state index in [0.29, 0.717) is 24.7 Å². The van der Waals surface area contributed by atoms with Gasteiger partial charge in [0.2, 0.25) is 10.0 Å². The highest BCUT2D eigenvalue weighted by Gasteiger charge is 2.31. The summed E-state index contributed by atoms with van der Waals surface area (Å²) in [6, 6.07) is 7.28. The molecule has 31 heavy (non-hydrogen) atoms. The molecule has 4 rings (SSSR count). The van der Waals surface area contributed by atoms with Crippen molar-refractivity contribution in [2.75, 3.05) is 38.2 Å². The molecule has 1 aromatic carbocycles. The number of nitrogens with zero attached hydrogens (tertiary/aromatic N) is 6. The van der Waals surface area contributed by atoms with E-state index in [1.54, 1.807) is 4.68 Å². The Labute approximate surface area is 180 Å². The molecule has 2 aromatic heterocycles. The van der Waals surface area contributed by atoms with E-state index < -0.39 is 15.8 Å². The third-order valence-electron chi connectivity index (χ3n) is 5.17. The maximum absolute atomic E-state index is 13.7. The van der Waals surface area contributed by atoms with E-state index in [9.17, 15) is 12.8 Å². The predicted octanol–water partition coefficient (Wildman–Crippen LogP) is 1.94. The van der Waals surface area contributed by atoms with Gasteiger partial charge in [0, 0.05) is 37.9 Å². The van der Waals surface area contributed by atoms with E-state index in [1.165, 1.54) is 29.9 Å². The SMILES string of the molecule is COc1ccc(F)cc1S(=O)(=O)N1CCN(c2cc(-n3nc(C)cc3C)ncn2)CC1. The number of aromatic nitrogens is 4. The van der Waals surface area contributed by atoms with Crippen molar-refractivity contribution in [1.82, 2.24) is 24.1 Å². The summed E-state index contributed by atoms with van der Waals surface area (Å²) >= 11 is 0. The number of methoxy groups -OCH3 is 1. The van der Waals surface area contributed by atoms with Crippen molar-refractivity contribution in [3.05, 3.63) is 53.9 Å². The van der Waals surface area contributed by atoms with Crippen LogP contribution in [0.25, 0.3) is 5.82 Å². The lowest BCUT2D eigenvalue weighted by molar-refractivity contribution is 0.372. The topological polar surface area (TPSA) is 93.5 Å². The molecule has 0 radical (unpaired) electrons. The van der Waals surface area contributed by atoms with Gasteiger partial charge in [-0.25, -0.2) is 27.5 Å². The van der Waals surface area contributed by atoms with Crippen LogP contribution in [0.15, 0.2) is 41.6 Å². The molecular weight excluding hydrogens is 423 g/mol. The number of halogens is 1. The lowest BCUT2D eigenvalue weighted by Crippen LogP contribution is -2.49. The van der Waals surface area contributed by atoms with Gasteiger partial charge in [0.1, 0.15) is 28.6 Å². The molecule has 11 heteroatoms. The Morgan fingerprint density at radius 1 is 1.00 bits per heavy atom. The Morgan fingerprint density at radius 3 is 2.35 bits per heavy atom. The van der Waals surface area contributed by atoms with Gasteiger partial charge < -0.3 is 9.64 Å². The molecule has 3 aromatic rings. The van der Waals surface area contributed by atoms with E-state index in [0.717, 1.165) is 17.5 Å². The molecule has 0 amide bonds. The van der Waals surface area contributed by atoms with Crippen molar-refractivity contribution in [2.24, 2.45) is 0 Å². The maximum Gasteiger partial charge on any atom is 0.246 e. The summed E-state index contributed by atoms with van der Waals surface area (Å²) in [5, 5.41) is 4.45. The van der Waals surface area contributed by atoms with Gasteiger partial charge in [-0.05, 0) is 38.1 Å². The first-order valence-electron chi connectivity index (χ1n) is 9.74. The van der Waals surface area contributed by atoms with Crippen LogP contribution >= 0.6 is 0 Å². The summed E-state index contributed by atoms with van der Waals surface area (Å²) in [7, 11) is -2.53. The van der Waals surface area contributed by atoms with Crippen LogP contribution in [0.1, 0.15) is 11.4 Å². The molecule has 1 aliphatic rings. The van der Waals surface area contributed by atoms with Crippen molar-refractivity contribution >= 4 is 15.8 Å². The molecule has 3 heterocycles. The number of benzene rings is 1. The van der Waals surface area contributed by atoms with Gasteiger partial charge in [0.05, 0.1) is 12.8 Å². The number of anilines is 1. The molecule has 9 nitrogen and oxygen atoms in total. The summed E-state index contributed by atoms with van der Waals surface area (Å²) in [4.78, 5) is 10.5. The van der Waals surface area contributed by atoms with Gasteiger partial charge in [-0.2, -0.15) is 9.40 Å². The van der Waals surface area contributed by atoms with Crippen LogP contribution in [0.3, 0.4) is 0 Å². The van der Waals surface area contributed by atoms with Gasteiger partial charge in [-0.3, -0.25) is 0 Å². The number of aryl methyl sites for hydroxylation is 2. The van der Waals surface area contributed by atoms with Crippen molar-refractivity contribution < 1.29 is 17.5 Å². The molecule has 0 bridgehead atoms. The molecule has 0 saturated carbocycles. The monoisotopic (exact) mass is 446 g/mol. The van der Waals surface area contributed by atoms with Crippen LogP contribution in [-0.4, -0.2) is 65.8 Å². The van der Waals surface area contributed by atoms with Gasteiger partial charge in [0.15, 0.2) is 5.82 Å². The molecule has 1 saturated heterocycles. The zero-order valence-electron chi connectivity index (χ0n) is 17.5. The lowest BCUT2D eigenvalue weighted by Gasteiger charge is -2.34. The highest BCUT2D eigenvalue weighted by Crippen LogP contribution is 2.28. The summed E-state index contributed by atoms with van der Waals surface area (Å²) < 4.78 is 48.0. The predicted molar refractivity (Wildman–Crippen MR) is 113 cm³/mol. The fourth-order valence-corrected chi connectivity index (χ4v) is 5.22. The van der Waals surface area contributed by atoms with E-state index in [1.807, 2.05) is 30.9 Å². The average molecular weight is 447 g/mol. The smallest absolute Gasteiger partial charge is 0.246 e. The van der Waals surface area contributed by atoms with Crippen molar-refractivity contribution in [3.8, 4) is 11.6 Å². The summed E-state index contributed by atoms with van der Waals surface area (Å²) in [5.41, 5.74) is 1.85. The zero-order valence-corrected chi connectivity index (χ0v) is 18.3. The van der Waals surface area contributed by atoms with Crippen molar-refractivity contribution in [3.63, 3.8) is 0 Å². The zero-order chi connectivity index (χ0) is 22.2. The fraction of sp³-hybridized carbons (Fsp3) is 0.350. The molecule has 0 unspecified atom stereocenters. The Bertz CT molecular complexity index is 1210. The minimum absolute atomic E-state index is 0.120. The Morgan fingerprint density at radius 2 is 1.71 bits per heavy atom. The first kappa shape index (κ1) is 21.2. The number of piperazine rings is 1. The van der Waals surface area contributed by atoms with Crippen LogP contribution < -0.4 is 9.64 Å². The number of sulfonamides is 1. The highest BCUT2D eigenvalue weighted by molar-refractivity contribution is 7.89. The van der Waals surface area contributed by atoms with E-state index in [4.69, 9.17) is 4.74 Å². The van der Waals surface area contributed by atoms with Gasteiger partial charge in [-0.1, -0.05) is 0 Å². The summed E-state index contributed by atoms with van der Waals surface area (Å²) in [5.74, 6) is 0.831. The third-order valence-corrected chi connectivity index (χ3v) is 7.09. The maximum atomic E-state index is 13.7. The second-order valence-corrected chi connectivity index (χ2v) is 9.17. The Kier molecular flexibility index (Phi) is 5.63. The molecule has 164 valence electrons. The van der Waals surface area contributed by atoms with Crippen LogP contribution in [0, 0.1) is 19.7 Å². The second kappa shape index (κ2) is 8.23. The first-order valence-corrected chi connectivity index (χ1v) is 11.2. The summed E-state index contributed by atoms with van der Waals surface area (Å²) in [6.45, 7) is 5.21. The molecule has 1 aliphatic heterocycles. The second-order valence-electron chi connectivity index (χ2n) is 7.26. The lowest BCUT2D eigenvalue weighted by atomic mass is 10.3. The van der Waals surface area contributed by atoms with Crippen LogP contribution in [0.5, 0.6) is 5.75 Å². The minimum atomic E-state index is -3.89. The van der Waals surface area contributed by atoms with Crippen LogP contribution in [0.2, 0.25) is 0 Å². The summed E-state index contributed by atoms with van der Waals surface area (Å²) in [6.07, 6.45) is 1.47. The molecule has 0 atom stereocenters. The molecule has 0 aliphatic carbocycles. The van der Waals surface area contributed by atoms with Crippen LogP contribution in [-0.2, 0) is 10.0 Å². The first-order chi connectivity index (χ1) is 14.8. The average Bonchev–Trinajstić information content (AvgIpc) is 3.12. The van der Waals surface area contributed by atoms with Crippen LogP contribution in [0.4, 0.5) is 10.2 Å². The van der Waals surface area contributed by atoms with E-state index in [-0.39, 0.29) is 23.7 Å². The molecule has 0 spiro atoms. The van der Waals surface area contributed by atoms with Gasteiger partial charge >= 0.3 is 0 Å². The normalized spacial score (nSPS) is 15.3. The molecule has 0 N–H and O–H groups in total. The number of rotatable bonds is 5. The minimum Gasteiger partial charge on any atom is -0.495 e. The van der Waals surface area contributed by atoms with Gasteiger partial charge in [0.25, 0.3) is 0 Å².